The third-order valence-electron chi connectivity index (χ3n) is 2.78. The third kappa shape index (κ3) is 3.28. The second-order valence-corrected chi connectivity index (χ2v) is 6.08. The van der Waals surface area contributed by atoms with Gasteiger partial charge < -0.3 is 9.84 Å². The zero-order valence-corrected chi connectivity index (χ0v) is 10.9. The molecular formula is C11H14N2O5S. The number of sulfonamides is 1. The van der Waals surface area contributed by atoms with Gasteiger partial charge in [0, 0.05) is 25.5 Å². The molecule has 1 fully saturated rings. The van der Waals surface area contributed by atoms with Crippen LogP contribution in [0.5, 0.6) is 0 Å². The highest BCUT2D eigenvalue weighted by Crippen LogP contribution is 2.18. The van der Waals surface area contributed by atoms with Crippen LogP contribution in [0.25, 0.3) is 0 Å². The van der Waals surface area contributed by atoms with Crippen molar-refractivity contribution in [2.45, 2.75) is 17.4 Å². The summed E-state index contributed by atoms with van der Waals surface area (Å²) in [6.45, 7) is 0.453. The summed E-state index contributed by atoms with van der Waals surface area (Å²) in [6.07, 6.45) is 1.94. The lowest BCUT2D eigenvalue weighted by Crippen LogP contribution is -2.46. The largest absolute Gasteiger partial charge is 0.481 e. The molecule has 0 aliphatic carbocycles. The molecule has 1 N–H and O–H groups in total. The van der Waals surface area contributed by atoms with Gasteiger partial charge in [0.25, 0.3) is 0 Å². The third-order valence-corrected chi connectivity index (χ3v) is 4.62. The van der Waals surface area contributed by atoms with Gasteiger partial charge in [0.1, 0.15) is 4.90 Å². The Labute approximate surface area is 110 Å². The Bertz CT molecular complexity index is 545. The van der Waals surface area contributed by atoms with Crippen LogP contribution in [0.3, 0.4) is 0 Å². The first-order valence-electron chi connectivity index (χ1n) is 5.74. The van der Waals surface area contributed by atoms with Gasteiger partial charge in [-0.05, 0) is 12.1 Å². The van der Waals surface area contributed by atoms with Gasteiger partial charge >= 0.3 is 5.97 Å². The van der Waals surface area contributed by atoms with Crippen LogP contribution in [0.2, 0.25) is 0 Å². The molecule has 0 spiro atoms. The molecule has 1 aliphatic rings. The highest BCUT2D eigenvalue weighted by molar-refractivity contribution is 7.89. The van der Waals surface area contributed by atoms with Crippen LogP contribution in [-0.2, 0) is 19.6 Å². The molecule has 1 aliphatic heterocycles. The molecule has 7 nitrogen and oxygen atoms in total. The summed E-state index contributed by atoms with van der Waals surface area (Å²) >= 11 is 0. The quantitative estimate of drug-likeness (QED) is 0.833. The van der Waals surface area contributed by atoms with Crippen molar-refractivity contribution in [3.63, 3.8) is 0 Å². The molecule has 1 aromatic heterocycles. The van der Waals surface area contributed by atoms with E-state index < -0.39 is 22.1 Å². The number of hydrogen-bond acceptors (Lipinski definition) is 5. The van der Waals surface area contributed by atoms with Gasteiger partial charge in [0.15, 0.2) is 0 Å². The summed E-state index contributed by atoms with van der Waals surface area (Å²) in [6, 6.07) is 3.01. The van der Waals surface area contributed by atoms with E-state index in [2.05, 4.69) is 4.98 Å². The van der Waals surface area contributed by atoms with Crippen molar-refractivity contribution in [2.75, 3.05) is 19.7 Å². The minimum atomic E-state index is -3.63. The van der Waals surface area contributed by atoms with Crippen molar-refractivity contribution in [2.24, 2.45) is 0 Å². The Morgan fingerprint density at radius 2 is 2.37 bits per heavy atom. The molecule has 2 rings (SSSR count). The van der Waals surface area contributed by atoms with Gasteiger partial charge in [-0.3, -0.25) is 9.78 Å². The number of rotatable bonds is 4. The summed E-state index contributed by atoms with van der Waals surface area (Å²) in [5.74, 6) is -1.01. The Hall–Kier alpha value is -1.51. The summed E-state index contributed by atoms with van der Waals surface area (Å²) in [4.78, 5) is 14.5. The molecule has 0 saturated carbocycles. The standard InChI is InChI=1S/C11H14N2O5S/c14-11(15)6-9-8-13(4-5-18-9)19(16,17)10-2-1-3-12-7-10/h1-3,7,9H,4-6,8H2,(H,14,15). The summed E-state index contributed by atoms with van der Waals surface area (Å²) in [5.41, 5.74) is 0. The van der Waals surface area contributed by atoms with Crippen molar-refractivity contribution >= 4 is 16.0 Å². The molecule has 0 aromatic carbocycles. The minimum absolute atomic E-state index is 0.0452. The van der Waals surface area contributed by atoms with E-state index >= 15 is 0 Å². The normalized spacial score (nSPS) is 21.2. The monoisotopic (exact) mass is 286 g/mol. The number of ether oxygens (including phenoxy) is 1. The van der Waals surface area contributed by atoms with Gasteiger partial charge in [0.2, 0.25) is 10.0 Å². The molecule has 1 atom stereocenters. The molecule has 0 bridgehead atoms. The molecule has 1 aromatic rings. The molecule has 0 amide bonds. The SMILES string of the molecule is O=C(O)CC1CN(S(=O)(=O)c2cccnc2)CCO1. The first-order valence-corrected chi connectivity index (χ1v) is 7.18. The fraction of sp³-hybridized carbons (Fsp3) is 0.455. The number of morpholine rings is 1. The van der Waals surface area contributed by atoms with E-state index in [1.54, 1.807) is 6.07 Å². The molecule has 1 saturated heterocycles. The number of aliphatic carboxylic acids is 1. The van der Waals surface area contributed by atoms with Crippen molar-refractivity contribution in [3.05, 3.63) is 24.5 Å². The van der Waals surface area contributed by atoms with Gasteiger partial charge in [-0.15, -0.1) is 0 Å². The second-order valence-electron chi connectivity index (χ2n) is 4.14. The molecule has 2 heterocycles. The predicted molar refractivity (Wildman–Crippen MR) is 65.0 cm³/mol. The number of nitrogens with zero attached hydrogens (tertiary/aromatic N) is 2. The van der Waals surface area contributed by atoms with Crippen LogP contribution in [0.4, 0.5) is 0 Å². The minimum Gasteiger partial charge on any atom is -0.481 e. The number of aromatic nitrogens is 1. The van der Waals surface area contributed by atoms with Crippen molar-refractivity contribution in [1.29, 1.82) is 0 Å². The van der Waals surface area contributed by atoms with Crippen LogP contribution < -0.4 is 0 Å². The topological polar surface area (TPSA) is 96.8 Å². The van der Waals surface area contributed by atoms with E-state index in [9.17, 15) is 13.2 Å². The van der Waals surface area contributed by atoms with E-state index in [0.29, 0.717) is 0 Å². The number of carboxylic acids is 1. The van der Waals surface area contributed by atoms with E-state index in [1.807, 2.05) is 0 Å². The molecule has 1 unspecified atom stereocenters. The van der Waals surface area contributed by atoms with Gasteiger partial charge in [-0.1, -0.05) is 0 Å². The Morgan fingerprint density at radius 1 is 1.58 bits per heavy atom. The lowest BCUT2D eigenvalue weighted by molar-refractivity contribution is -0.141. The Morgan fingerprint density at radius 3 is 3.00 bits per heavy atom. The van der Waals surface area contributed by atoms with Crippen molar-refractivity contribution in [3.8, 4) is 0 Å². The second kappa shape index (κ2) is 5.64. The fourth-order valence-electron chi connectivity index (χ4n) is 1.88. The molecular weight excluding hydrogens is 272 g/mol. The van der Waals surface area contributed by atoms with E-state index in [1.165, 1.54) is 22.8 Å². The first kappa shape index (κ1) is 13.9. The number of carbonyl (C=O) groups is 1. The van der Waals surface area contributed by atoms with Crippen molar-refractivity contribution < 1.29 is 23.1 Å². The molecule has 19 heavy (non-hydrogen) atoms. The smallest absolute Gasteiger partial charge is 0.306 e. The van der Waals surface area contributed by atoms with Crippen LogP contribution in [0, 0.1) is 0 Å². The zero-order chi connectivity index (χ0) is 13.9. The summed E-state index contributed by atoms with van der Waals surface area (Å²) < 4.78 is 31.1. The van der Waals surface area contributed by atoms with Gasteiger partial charge in [-0.25, -0.2) is 8.42 Å². The summed E-state index contributed by atoms with van der Waals surface area (Å²) in [7, 11) is -3.63. The lowest BCUT2D eigenvalue weighted by Gasteiger charge is -2.31. The Kier molecular flexibility index (Phi) is 4.13. The predicted octanol–water partition coefficient (Wildman–Crippen LogP) is -0.0542. The number of pyridine rings is 1. The molecule has 104 valence electrons. The number of carboxylic acid groups (broad SMARTS) is 1. The maximum Gasteiger partial charge on any atom is 0.306 e. The van der Waals surface area contributed by atoms with Gasteiger partial charge in [0.05, 0.1) is 19.1 Å². The zero-order valence-electron chi connectivity index (χ0n) is 10.1. The highest BCUT2D eigenvalue weighted by atomic mass is 32.2. The average Bonchev–Trinajstić information content (AvgIpc) is 2.39. The van der Waals surface area contributed by atoms with Crippen LogP contribution >= 0.6 is 0 Å². The van der Waals surface area contributed by atoms with Crippen LogP contribution in [0.15, 0.2) is 29.4 Å². The maximum absolute atomic E-state index is 12.3. The van der Waals surface area contributed by atoms with Gasteiger partial charge in [-0.2, -0.15) is 4.31 Å². The summed E-state index contributed by atoms with van der Waals surface area (Å²) in [5, 5.41) is 8.71. The van der Waals surface area contributed by atoms with Crippen molar-refractivity contribution in [1.82, 2.24) is 9.29 Å². The van der Waals surface area contributed by atoms with Crippen LogP contribution in [0.1, 0.15) is 6.42 Å². The molecule has 8 heteroatoms. The maximum atomic E-state index is 12.3. The first-order chi connectivity index (χ1) is 9.00. The lowest BCUT2D eigenvalue weighted by atomic mass is 10.2. The van der Waals surface area contributed by atoms with Crippen LogP contribution in [-0.4, -0.2) is 54.6 Å². The van der Waals surface area contributed by atoms with E-state index in [4.69, 9.17) is 9.84 Å². The average molecular weight is 286 g/mol. The van der Waals surface area contributed by atoms with E-state index in [0.717, 1.165) is 0 Å². The van der Waals surface area contributed by atoms with E-state index in [-0.39, 0.29) is 31.0 Å². The fourth-order valence-corrected chi connectivity index (χ4v) is 3.30. The molecule has 0 radical (unpaired) electrons. The Balaban J connectivity index is 2.15. The number of hydrogen-bond donors (Lipinski definition) is 1. The highest BCUT2D eigenvalue weighted by Gasteiger charge is 2.31.